The van der Waals surface area contributed by atoms with Crippen molar-refractivity contribution < 1.29 is 14.3 Å². The molecule has 0 bridgehead atoms. The zero-order valence-corrected chi connectivity index (χ0v) is 14.9. The summed E-state index contributed by atoms with van der Waals surface area (Å²) in [6.07, 6.45) is 0. The van der Waals surface area contributed by atoms with Crippen LogP contribution in [0.2, 0.25) is 0 Å². The zero-order valence-electron chi connectivity index (χ0n) is 14.9. The van der Waals surface area contributed by atoms with E-state index in [0.29, 0.717) is 18.2 Å². The van der Waals surface area contributed by atoms with Crippen molar-refractivity contribution >= 4 is 16.9 Å². The average molecular weight is 338 g/mol. The lowest BCUT2D eigenvalue weighted by atomic mass is 10.1. The lowest BCUT2D eigenvalue weighted by Crippen LogP contribution is -2.10. The van der Waals surface area contributed by atoms with Gasteiger partial charge in [0.05, 0.1) is 26.5 Å². The Morgan fingerprint density at radius 1 is 1.16 bits per heavy atom. The topological polar surface area (TPSA) is 53.4 Å². The van der Waals surface area contributed by atoms with Gasteiger partial charge >= 0.3 is 5.97 Å². The number of carbonyl (C=O) groups is 1. The number of nitrogens with zero attached hydrogens (tertiary/aromatic N) is 2. The molecule has 3 aromatic rings. The van der Waals surface area contributed by atoms with Gasteiger partial charge < -0.3 is 14.0 Å². The van der Waals surface area contributed by atoms with Crippen molar-refractivity contribution in [3.8, 4) is 5.75 Å². The van der Waals surface area contributed by atoms with E-state index in [0.717, 1.165) is 22.3 Å². The summed E-state index contributed by atoms with van der Waals surface area (Å²) in [7, 11) is 3.03. The average Bonchev–Trinajstić information content (AvgIpc) is 2.99. The smallest absolute Gasteiger partial charge is 0.356 e. The first kappa shape index (κ1) is 17.0. The van der Waals surface area contributed by atoms with Gasteiger partial charge in [0.15, 0.2) is 0 Å². The summed E-state index contributed by atoms with van der Waals surface area (Å²) in [4.78, 5) is 16.2. The SMILES string of the molecule is COC(=O)c1cccc(Cn2c(C(C)C)cc3cc(OC)ccc32)n1. The van der Waals surface area contributed by atoms with E-state index in [4.69, 9.17) is 9.47 Å². The summed E-state index contributed by atoms with van der Waals surface area (Å²) < 4.78 is 12.3. The van der Waals surface area contributed by atoms with Crippen LogP contribution in [-0.4, -0.2) is 29.7 Å². The van der Waals surface area contributed by atoms with Gasteiger partial charge in [-0.1, -0.05) is 19.9 Å². The van der Waals surface area contributed by atoms with Crippen LogP contribution in [0.25, 0.3) is 10.9 Å². The van der Waals surface area contributed by atoms with Crippen molar-refractivity contribution in [3.05, 3.63) is 59.5 Å². The normalized spacial score (nSPS) is 11.1. The fraction of sp³-hybridized carbons (Fsp3) is 0.300. The van der Waals surface area contributed by atoms with Gasteiger partial charge in [0, 0.05) is 16.6 Å². The van der Waals surface area contributed by atoms with Crippen LogP contribution in [0.1, 0.15) is 41.6 Å². The fourth-order valence-electron chi connectivity index (χ4n) is 3.00. The van der Waals surface area contributed by atoms with Crippen molar-refractivity contribution in [2.75, 3.05) is 14.2 Å². The highest BCUT2D eigenvalue weighted by molar-refractivity contribution is 5.87. The van der Waals surface area contributed by atoms with Gasteiger partial charge in [-0.05, 0) is 42.3 Å². The Labute approximate surface area is 147 Å². The van der Waals surface area contributed by atoms with Crippen molar-refractivity contribution in [1.82, 2.24) is 9.55 Å². The Bertz CT molecular complexity index is 912. The molecule has 2 aromatic heterocycles. The summed E-state index contributed by atoms with van der Waals surface area (Å²) in [5.74, 6) is 0.779. The number of fused-ring (bicyclic) bond motifs is 1. The molecule has 2 heterocycles. The van der Waals surface area contributed by atoms with Crippen LogP contribution < -0.4 is 4.74 Å². The molecule has 0 spiro atoms. The predicted molar refractivity (Wildman–Crippen MR) is 97.3 cm³/mol. The number of rotatable bonds is 5. The molecule has 0 radical (unpaired) electrons. The van der Waals surface area contributed by atoms with E-state index in [1.54, 1.807) is 13.2 Å². The van der Waals surface area contributed by atoms with Crippen LogP contribution in [0.5, 0.6) is 5.75 Å². The Morgan fingerprint density at radius 2 is 1.96 bits per heavy atom. The monoisotopic (exact) mass is 338 g/mol. The number of ether oxygens (including phenoxy) is 2. The fourth-order valence-corrected chi connectivity index (χ4v) is 3.00. The number of esters is 1. The number of methoxy groups -OCH3 is 2. The lowest BCUT2D eigenvalue weighted by molar-refractivity contribution is 0.0593. The Kier molecular flexibility index (Phi) is 4.74. The first-order valence-corrected chi connectivity index (χ1v) is 8.25. The second-order valence-electron chi connectivity index (χ2n) is 6.24. The van der Waals surface area contributed by atoms with Gasteiger partial charge in [0.2, 0.25) is 0 Å². The molecule has 0 aliphatic rings. The van der Waals surface area contributed by atoms with E-state index in [1.807, 2.05) is 24.3 Å². The molecule has 5 heteroatoms. The quantitative estimate of drug-likeness (QED) is 0.660. The van der Waals surface area contributed by atoms with E-state index in [2.05, 4.69) is 35.5 Å². The molecule has 0 unspecified atom stereocenters. The predicted octanol–water partition coefficient (Wildman–Crippen LogP) is 4.00. The maximum absolute atomic E-state index is 11.7. The van der Waals surface area contributed by atoms with E-state index in [-0.39, 0.29) is 0 Å². The van der Waals surface area contributed by atoms with Gasteiger partial charge in [-0.25, -0.2) is 9.78 Å². The number of benzene rings is 1. The maximum Gasteiger partial charge on any atom is 0.356 e. The van der Waals surface area contributed by atoms with Crippen LogP contribution in [0, 0.1) is 0 Å². The van der Waals surface area contributed by atoms with Crippen LogP contribution in [0.3, 0.4) is 0 Å². The summed E-state index contributed by atoms with van der Waals surface area (Å²) >= 11 is 0. The van der Waals surface area contributed by atoms with Crippen LogP contribution >= 0.6 is 0 Å². The van der Waals surface area contributed by atoms with Gasteiger partial charge in [0.25, 0.3) is 0 Å². The molecule has 3 rings (SSSR count). The third-order valence-corrected chi connectivity index (χ3v) is 4.25. The summed E-state index contributed by atoms with van der Waals surface area (Å²) in [5, 5.41) is 1.13. The van der Waals surface area contributed by atoms with Gasteiger partial charge in [-0.2, -0.15) is 0 Å². The number of aromatic nitrogens is 2. The molecule has 25 heavy (non-hydrogen) atoms. The van der Waals surface area contributed by atoms with Gasteiger partial charge in [-0.3, -0.25) is 0 Å². The molecule has 5 nitrogen and oxygen atoms in total. The molecule has 0 saturated carbocycles. The summed E-state index contributed by atoms with van der Waals surface area (Å²) in [6.45, 7) is 4.93. The van der Waals surface area contributed by atoms with E-state index in [1.165, 1.54) is 12.8 Å². The number of hydrogen-bond acceptors (Lipinski definition) is 4. The highest BCUT2D eigenvalue weighted by atomic mass is 16.5. The van der Waals surface area contributed by atoms with Crippen molar-refractivity contribution in [2.45, 2.75) is 26.3 Å². The molecular weight excluding hydrogens is 316 g/mol. The van der Waals surface area contributed by atoms with Crippen molar-refractivity contribution in [2.24, 2.45) is 0 Å². The minimum atomic E-state index is -0.423. The first-order valence-electron chi connectivity index (χ1n) is 8.25. The largest absolute Gasteiger partial charge is 0.497 e. The number of hydrogen-bond donors (Lipinski definition) is 0. The summed E-state index contributed by atoms with van der Waals surface area (Å²) in [6, 6.07) is 13.7. The molecule has 0 aliphatic heterocycles. The Hall–Kier alpha value is -2.82. The number of carbonyl (C=O) groups excluding carboxylic acids is 1. The molecule has 0 amide bonds. The summed E-state index contributed by atoms with van der Waals surface area (Å²) in [5.41, 5.74) is 3.48. The van der Waals surface area contributed by atoms with Crippen LogP contribution in [0.15, 0.2) is 42.5 Å². The molecule has 0 aliphatic carbocycles. The number of pyridine rings is 1. The minimum Gasteiger partial charge on any atom is -0.497 e. The minimum absolute atomic E-state index is 0.323. The van der Waals surface area contributed by atoms with E-state index < -0.39 is 5.97 Å². The zero-order chi connectivity index (χ0) is 18.0. The second-order valence-corrected chi connectivity index (χ2v) is 6.24. The van der Waals surface area contributed by atoms with Crippen LogP contribution in [0.4, 0.5) is 0 Å². The lowest BCUT2D eigenvalue weighted by Gasteiger charge is -2.13. The molecule has 0 N–H and O–H groups in total. The third-order valence-electron chi connectivity index (χ3n) is 4.25. The van der Waals surface area contributed by atoms with Gasteiger partial charge in [0.1, 0.15) is 11.4 Å². The van der Waals surface area contributed by atoms with E-state index in [9.17, 15) is 4.79 Å². The van der Waals surface area contributed by atoms with Crippen molar-refractivity contribution in [3.63, 3.8) is 0 Å². The molecule has 0 atom stereocenters. The molecule has 0 saturated heterocycles. The van der Waals surface area contributed by atoms with Gasteiger partial charge in [-0.15, -0.1) is 0 Å². The Balaban J connectivity index is 2.06. The first-order chi connectivity index (χ1) is 12.0. The second kappa shape index (κ2) is 6.97. The van der Waals surface area contributed by atoms with Crippen molar-refractivity contribution in [1.29, 1.82) is 0 Å². The highest BCUT2D eigenvalue weighted by Gasteiger charge is 2.14. The third kappa shape index (κ3) is 3.36. The Morgan fingerprint density at radius 3 is 2.64 bits per heavy atom. The maximum atomic E-state index is 11.7. The van der Waals surface area contributed by atoms with E-state index >= 15 is 0 Å². The molecular formula is C20H22N2O3. The molecule has 130 valence electrons. The van der Waals surface area contributed by atoms with Crippen LogP contribution in [-0.2, 0) is 11.3 Å². The molecule has 0 fully saturated rings. The standard InChI is InChI=1S/C20H22N2O3/c1-13(2)19-11-14-10-16(24-3)8-9-18(14)22(19)12-15-6-5-7-17(21-15)20(23)25-4/h5-11,13H,12H2,1-4H3. The highest BCUT2D eigenvalue weighted by Crippen LogP contribution is 2.29. The molecule has 1 aromatic carbocycles.